The summed E-state index contributed by atoms with van der Waals surface area (Å²) >= 11 is 1.87. The summed E-state index contributed by atoms with van der Waals surface area (Å²) < 4.78 is 7.58. The third-order valence-electron chi connectivity index (χ3n) is 10.5. The van der Waals surface area contributed by atoms with Gasteiger partial charge in [-0.05, 0) is 82.9 Å². The van der Waals surface area contributed by atoms with Gasteiger partial charge in [0.25, 0.3) is 0 Å². The normalized spacial score (nSPS) is 11.9. The predicted octanol–water partition coefficient (Wildman–Crippen LogP) is 13.6. The third-order valence-corrected chi connectivity index (χ3v) is 11.7. The SMILES string of the molecule is c1ccc(-c2cccc(-c3ccc(-n4c5ccccc5c5c4ccc4c6ccccc6n(-c6ccc7sc8ccccc8c7c6)c45)cc3)c2)cc1. The molecule has 0 atom stereocenters. The van der Waals surface area contributed by atoms with Crippen LogP contribution in [0.1, 0.15) is 0 Å². The van der Waals surface area contributed by atoms with Crippen molar-refractivity contribution >= 4 is 75.1 Å². The summed E-state index contributed by atoms with van der Waals surface area (Å²) in [6.45, 7) is 0. The molecule has 0 radical (unpaired) electrons. The topological polar surface area (TPSA) is 9.86 Å². The van der Waals surface area contributed by atoms with Crippen molar-refractivity contribution in [1.29, 1.82) is 0 Å². The van der Waals surface area contributed by atoms with Gasteiger partial charge in [-0.3, -0.25) is 0 Å². The minimum atomic E-state index is 1.15. The van der Waals surface area contributed by atoms with Gasteiger partial charge in [0.15, 0.2) is 0 Å². The molecule has 0 spiro atoms. The number of hydrogen-bond donors (Lipinski definition) is 0. The van der Waals surface area contributed by atoms with Crippen LogP contribution in [0.2, 0.25) is 0 Å². The van der Waals surface area contributed by atoms with Crippen molar-refractivity contribution in [2.24, 2.45) is 0 Å². The van der Waals surface area contributed by atoms with E-state index in [2.05, 4.69) is 191 Å². The van der Waals surface area contributed by atoms with E-state index in [9.17, 15) is 0 Å². The molecule has 3 aromatic heterocycles. The molecular weight excluding hydrogens is 637 g/mol. The Morgan fingerprint density at radius 1 is 0.314 bits per heavy atom. The lowest BCUT2D eigenvalue weighted by Gasteiger charge is -2.11. The first kappa shape index (κ1) is 28.4. The Hall–Kier alpha value is -6.42. The largest absolute Gasteiger partial charge is 0.309 e. The monoisotopic (exact) mass is 666 g/mol. The minimum absolute atomic E-state index is 1.15. The molecule has 0 unspecified atom stereocenters. The van der Waals surface area contributed by atoms with Crippen LogP contribution >= 0.6 is 11.3 Å². The standard InChI is InChI=1S/C48H30N2S/c1-2-11-31(12-3-1)33-13-10-14-34(29-33)32-21-23-35(24-22-32)49-43-19-8-5-17-40(43)47-44(49)27-26-39-37-15-4-7-18-42(37)50(48(39)47)36-25-28-46-41(30-36)38-16-6-9-20-45(38)51-46/h1-30H. The summed E-state index contributed by atoms with van der Waals surface area (Å²) in [5.74, 6) is 0. The van der Waals surface area contributed by atoms with Crippen LogP contribution in [0.25, 0.3) is 97.4 Å². The lowest BCUT2D eigenvalue weighted by Crippen LogP contribution is -1.95. The molecule has 0 aliphatic heterocycles. The quantitative estimate of drug-likeness (QED) is 0.177. The Labute approximate surface area is 298 Å². The van der Waals surface area contributed by atoms with Crippen LogP contribution in [0.5, 0.6) is 0 Å². The van der Waals surface area contributed by atoms with E-state index in [-0.39, 0.29) is 0 Å². The molecular formula is C48H30N2S. The van der Waals surface area contributed by atoms with E-state index in [4.69, 9.17) is 0 Å². The number of nitrogens with zero attached hydrogens (tertiary/aromatic N) is 2. The summed E-state index contributed by atoms with van der Waals surface area (Å²) in [6.07, 6.45) is 0. The van der Waals surface area contributed by atoms with E-state index < -0.39 is 0 Å². The Bertz CT molecular complexity index is 3120. The fraction of sp³-hybridized carbons (Fsp3) is 0. The van der Waals surface area contributed by atoms with Gasteiger partial charge in [-0.15, -0.1) is 11.3 Å². The number of benzene rings is 8. The summed E-state index contributed by atoms with van der Waals surface area (Å²) in [4.78, 5) is 0. The van der Waals surface area contributed by atoms with Crippen LogP contribution in [0, 0.1) is 0 Å². The van der Waals surface area contributed by atoms with Crippen LogP contribution in [-0.4, -0.2) is 9.13 Å². The molecule has 8 aromatic carbocycles. The van der Waals surface area contributed by atoms with Gasteiger partial charge in [0.2, 0.25) is 0 Å². The first-order chi connectivity index (χ1) is 25.3. The molecule has 0 saturated heterocycles. The van der Waals surface area contributed by atoms with E-state index in [1.165, 1.54) is 91.7 Å². The maximum Gasteiger partial charge on any atom is 0.0641 e. The molecule has 0 fully saturated rings. The van der Waals surface area contributed by atoms with Gasteiger partial charge in [0.1, 0.15) is 0 Å². The molecule has 51 heavy (non-hydrogen) atoms. The predicted molar refractivity (Wildman–Crippen MR) is 219 cm³/mol. The molecule has 11 aromatic rings. The smallest absolute Gasteiger partial charge is 0.0641 e. The van der Waals surface area contributed by atoms with Gasteiger partial charge in [-0.25, -0.2) is 0 Å². The molecule has 2 nitrogen and oxygen atoms in total. The molecule has 0 aliphatic carbocycles. The first-order valence-electron chi connectivity index (χ1n) is 17.4. The van der Waals surface area contributed by atoms with E-state index in [0.29, 0.717) is 0 Å². The third kappa shape index (κ3) is 4.29. The molecule has 0 bridgehead atoms. The van der Waals surface area contributed by atoms with E-state index in [0.717, 1.165) is 5.69 Å². The zero-order valence-electron chi connectivity index (χ0n) is 27.6. The second-order valence-corrected chi connectivity index (χ2v) is 14.4. The summed E-state index contributed by atoms with van der Waals surface area (Å²) in [5.41, 5.74) is 12.1. The number of aromatic nitrogens is 2. The number of hydrogen-bond acceptors (Lipinski definition) is 1. The van der Waals surface area contributed by atoms with Crippen molar-refractivity contribution in [1.82, 2.24) is 9.13 Å². The second-order valence-electron chi connectivity index (χ2n) is 13.3. The Kier molecular flexibility index (Phi) is 6.16. The highest BCUT2D eigenvalue weighted by atomic mass is 32.1. The van der Waals surface area contributed by atoms with Crippen LogP contribution in [0.4, 0.5) is 0 Å². The Balaban J connectivity index is 1.14. The van der Waals surface area contributed by atoms with Gasteiger partial charge < -0.3 is 9.13 Å². The molecule has 0 aliphatic rings. The number of thiophene rings is 1. The van der Waals surface area contributed by atoms with Crippen molar-refractivity contribution in [3.63, 3.8) is 0 Å². The Morgan fingerprint density at radius 2 is 0.922 bits per heavy atom. The summed E-state index contributed by atoms with van der Waals surface area (Å²) in [6, 6.07) is 66.6. The van der Waals surface area contributed by atoms with Crippen molar-refractivity contribution in [2.45, 2.75) is 0 Å². The van der Waals surface area contributed by atoms with Crippen LogP contribution in [-0.2, 0) is 0 Å². The van der Waals surface area contributed by atoms with Gasteiger partial charge in [-0.1, -0.05) is 121 Å². The lowest BCUT2D eigenvalue weighted by molar-refractivity contribution is 1.18. The average Bonchev–Trinajstić information content (AvgIpc) is 3.86. The molecule has 0 saturated carbocycles. The second kappa shape index (κ2) is 11.0. The molecule has 0 amide bonds. The Morgan fingerprint density at radius 3 is 1.73 bits per heavy atom. The zero-order chi connectivity index (χ0) is 33.5. The van der Waals surface area contributed by atoms with Crippen LogP contribution in [0.3, 0.4) is 0 Å². The van der Waals surface area contributed by atoms with E-state index in [1.807, 2.05) is 11.3 Å². The molecule has 3 heteroatoms. The average molecular weight is 667 g/mol. The van der Waals surface area contributed by atoms with E-state index >= 15 is 0 Å². The van der Waals surface area contributed by atoms with Crippen LogP contribution in [0.15, 0.2) is 182 Å². The maximum atomic E-state index is 2.50. The fourth-order valence-corrected chi connectivity index (χ4v) is 9.31. The number of fused-ring (bicyclic) bond motifs is 10. The first-order valence-corrected chi connectivity index (χ1v) is 18.3. The lowest BCUT2D eigenvalue weighted by atomic mass is 9.99. The minimum Gasteiger partial charge on any atom is -0.309 e. The highest BCUT2D eigenvalue weighted by molar-refractivity contribution is 7.25. The molecule has 3 heterocycles. The summed E-state index contributed by atoms with van der Waals surface area (Å²) in [5, 5.41) is 7.69. The zero-order valence-corrected chi connectivity index (χ0v) is 28.4. The fourth-order valence-electron chi connectivity index (χ4n) is 8.22. The number of para-hydroxylation sites is 2. The van der Waals surface area contributed by atoms with Crippen molar-refractivity contribution in [2.75, 3.05) is 0 Å². The number of rotatable bonds is 4. The van der Waals surface area contributed by atoms with Gasteiger partial charge >= 0.3 is 0 Å². The van der Waals surface area contributed by atoms with Gasteiger partial charge in [-0.2, -0.15) is 0 Å². The highest BCUT2D eigenvalue weighted by Crippen LogP contribution is 2.43. The van der Waals surface area contributed by atoms with Gasteiger partial charge in [0.05, 0.1) is 22.1 Å². The summed E-state index contributed by atoms with van der Waals surface area (Å²) in [7, 11) is 0. The van der Waals surface area contributed by atoms with Crippen molar-refractivity contribution in [3.05, 3.63) is 182 Å². The van der Waals surface area contributed by atoms with Crippen molar-refractivity contribution in [3.8, 4) is 33.6 Å². The molecule has 238 valence electrons. The molecule has 0 N–H and O–H groups in total. The van der Waals surface area contributed by atoms with Crippen molar-refractivity contribution < 1.29 is 0 Å². The highest BCUT2D eigenvalue weighted by Gasteiger charge is 2.21. The van der Waals surface area contributed by atoms with Crippen LogP contribution < -0.4 is 0 Å². The maximum absolute atomic E-state index is 2.50. The van der Waals surface area contributed by atoms with E-state index in [1.54, 1.807) is 0 Å². The van der Waals surface area contributed by atoms with Gasteiger partial charge in [0, 0.05) is 53.1 Å². The molecule has 11 rings (SSSR count).